The van der Waals surface area contributed by atoms with Gasteiger partial charge in [0.25, 0.3) is 12.3 Å². The highest BCUT2D eigenvalue weighted by Gasteiger charge is 2.30. The average Bonchev–Trinajstić information content (AvgIpc) is 3.31. The van der Waals surface area contributed by atoms with Crippen LogP contribution in [0.2, 0.25) is 0 Å². The lowest BCUT2D eigenvalue weighted by Crippen LogP contribution is -2.50. The number of carbonyl (C=O) groups excluding carboxylic acids is 1. The number of pyridine rings is 1. The first-order chi connectivity index (χ1) is 16.2. The van der Waals surface area contributed by atoms with Crippen molar-refractivity contribution in [3.8, 4) is 0 Å². The molecule has 0 radical (unpaired) electrons. The number of piperazine rings is 1. The van der Waals surface area contributed by atoms with Crippen molar-refractivity contribution in [1.82, 2.24) is 15.2 Å². The van der Waals surface area contributed by atoms with E-state index in [4.69, 9.17) is 0 Å². The Morgan fingerprint density at radius 3 is 2.65 bits per heavy atom. The fraction of sp³-hybridized carbons (Fsp3) is 0.391. The Morgan fingerprint density at radius 2 is 2.00 bits per heavy atom. The van der Waals surface area contributed by atoms with Crippen LogP contribution < -0.4 is 21.1 Å². The minimum Gasteiger partial charge on any atom is -0.367 e. The number of nitrogens with one attached hydrogen (secondary N) is 3. The topological polar surface area (TPSA) is 80.5 Å². The predicted molar refractivity (Wildman–Crippen MR) is 121 cm³/mol. The second-order valence-corrected chi connectivity index (χ2v) is 8.50. The molecule has 1 aromatic heterocycles. The van der Waals surface area contributed by atoms with Gasteiger partial charge in [-0.05, 0) is 19.5 Å². The molecular weight excluding hydrogens is 454 g/mol. The summed E-state index contributed by atoms with van der Waals surface area (Å²) in [7, 11) is 1.94. The van der Waals surface area contributed by atoms with Crippen LogP contribution in [0.3, 0.4) is 0 Å². The van der Waals surface area contributed by atoms with Gasteiger partial charge in [0.1, 0.15) is 11.5 Å². The van der Waals surface area contributed by atoms with Gasteiger partial charge in [0.2, 0.25) is 5.56 Å². The number of alkyl halides is 2. The molecule has 0 aliphatic carbocycles. The molecule has 1 fully saturated rings. The maximum absolute atomic E-state index is 15.8. The highest BCUT2D eigenvalue weighted by Crippen LogP contribution is 2.38. The van der Waals surface area contributed by atoms with E-state index in [0.29, 0.717) is 37.8 Å². The van der Waals surface area contributed by atoms with Gasteiger partial charge in [-0.2, -0.15) is 0 Å². The highest BCUT2D eigenvalue weighted by atomic mass is 19.3. The third-order valence-corrected chi connectivity index (χ3v) is 6.30. The minimum absolute atomic E-state index is 0.0782. The number of benzene rings is 1. The zero-order valence-electron chi connectivity index (χ0n) is 18.7. The summed E-state index contributed by atoms with van der Waals surface area (Å²) >= 11 is 0. The van der Waals surface area contributed by atoms with Crippen molar-refractivity contribution < 1.29 is 22.4 Å². The number of hydrogen-bond acceptors (Lipinski definition) is 5. The average molecular weight is 479 g/mol. The molecule has 1 amide bonds. The molecule has 7 nitrogen and oxygen atoms in total. The fourth-order valence-corrected chi connectivity index (χ4v) is 4.25. The van der Waals surface area contributed by atoms with Gasteiger partial charge in [-0.25, -0.2) is 17.6 Å². The molecule has 3 N–H and O–H groups in total. The summed E-state index contributed by atoms with van der Waals surface area (Å²) in [4.78, 5) is 30.5. The van der Waals surface area contributed by atoms with E-state index >= 15 is 8.78 Å². The molecule has 1 saturated heterocycles. The van der Waals surface area contributed by atoms with Gasteiger partial charge in [-0.3, -0.25) is 9.59 Å². The second-order valence-electron chi connectivity index (χ2n) is 8.50. The van der Waals surface area contributed by atoms with E-state index in [1.807, 2.05) is 14.0 Å². The summed E-state index contributed by atoms with van der Waals surface area (Å²) in [6.07, 6.45) is -0.575. The van der Waals surface area contributed by atoms with E-state index in [-0.39, 0.29) is 29.5 Å². The van der Waals surface area contributed by atoms with Crippen molar-refractivity contribution in [2.45, 2.75) is 19.4 Å². The van der Waals surface area contributed by atoms with E-state index in [1.165, 1.54) is 6.07 Å². The van der Waals surface area contributed by atoms with Crippen molar-refractivity contribution in [1.29, 1.82) is 0 Å². The fourth-order valence-electron chi connectivity index (χ4n) is 4.25. The molecule has 0 spiro atoms. The molecule has 11 heteroatoms. The van der Waals surface area contributed by atoms with Gasteiger partial charge in [-0.15, -0.1) is 0 Å². The van der Waals surface area contributed by atoms with Gasteiger partial charge < -0.3 is 25.4 Å². The highest BCUT2D eigenvalue weighted by molar-refractivity contribution is 6.07. The van der Waals surface area contributed by atoms with Crippen LogP contribution in [-0.4, -0.2) is 61.6 Å². The number of hydrogen-bond donors (Lipinski definition) is 3. The van der Waals surface area contributed by atoms with Crippen LogP contribution in [0.1, 0.15) is 34.8 Å². The van der Waals surface area contributed by atoms with E-state index in [9.17, 15) is 18.4 Å². The predicted octanol–water partition coefficient (Wildman–Crippen LogP) is 2.97. The van der Waals surface area contributed by atoms with Crippen LogP contribution >= 0.6 is 0 Å². The van der Waals surface area contributed by atoms with Gasteiger partial charge in [0, 0.05) is 62.7 Å². The van der Waals surface area contributed by atoms with E-state index in [1.54, 1.807) is 11.0 Å². The molecule has 1 atom stereocenters. The third kappa shape index (κ3) is 4.58. The Morgan fingerprint density at radius 1 is 1.24 bits per heavy atom. The van der Waals surface area contributed by atoms with Crippen LogP contribution in [0.4, 0.5) is 28.9 Å². The van der Waals surface area contributed by atoms with Gasteiger partial charge in [0.05, 0.1) is 16.8 Å². The number of aromatic amines is 1. The molecule has 1 unspecified atom stereocenters. The number of likely N-dealkylation sites (N-methyl/N-ethyl adjacent to an activating group) is 1. The standard InChI is InChI=1S/C23H25F4N5O2/c1-12-11-32(6-5-31(12)2)17-8-16(24)19(13-3-4-28-9-13)20(25)21(17)30-23(34)15-10-29-18(33)7-14(15)22(26)27/h3,7-8,10,12,22,28H,4-6,9,11H2,1-2H3,(H,29,33)(H,30,34). The number of amides is 1. The molecule has 2 aliphatic heterocycles. The van der Waals surface area contributed by atoms with Crippen LogP contribution in [-0.2, 0) is 0 Å². The Bertz CT molecular complexity index is 1200. The number of H-pyrrole nitrogens is 1. The van der Waals surface area contributed by atoms with Crippen LogP contribution in [0, 0.1) is 11.6 Å². The third-order valence-electron chi connectivity index (χ3n) is 6.30. The van der Waals surface area contributed by atoms with E-state index in [2.05, 4.69) is 20.5 Å². The number of halogens is 4. The van der Waals surface area contributed by atoms with E-state index < -0.39 is 40.7 Å². The van der Waals surface area contributed by atoms with Gasteiger partial charge in [0.15, 0.2) is 5.82 Å². The number of rotatable bonds is 5. The van der Waals surface area contributed by atoms with E-state index in [0.717, 1.165) is 6.20 Å². The lowest BCUT2D eigenvalue weighted by atomic mass is 10.0. The summed E-state index contributed by atoms with van der Waals surface area (Å²) in [5.74, 6) is -2.79. The first kappa shape index (κ1) is 24.0. The molecule has 2 aromatic rings. The Kier molecular flexibility index (Phi) is 6.76. The van der Waals surface area contributed by atoms with Crippen molar-refractivity contribution in [3.63, 3.8) is 0 Å². The van der Waals surface area contributed by atoms with Gasteiger partial charge in [-0.1, -0.05) is 6.08 Å². The monoisotopic (exact) mass is 479 g/mol. The van der Waals surface area contributed by atoms with Crippen molar-refractivity contribution in [2.75, 3.05) is 50.0 Å². The zero-order valence-corrected chi connectivity index (χ0v) is 18.7. The summed E-state index contributed by atoms with van der Waals surface area (Å²) in [6, 6.07) is 1.88. The van der Waals surface area contributed by atoms with Crippen LogP contribution in [0.5, 0.6) is 0 Å². The van der Waals surface area contributed by atoms with Gasteiger partial charge >= 0.3 is 0 Å². The number of aromatic nitrogens is 1. The number of nitrogens with zero attached hydrogens (tertiary/aromatic N) is 2. The molecule has 182 valence electrons. The molecule has 2 aliphatic rings. The summed E-state index contributed by atoms with van der Waals surface area (Å²) < 4.78 is 57.9. The molecule has 34 heavy (non-hydrogen) atoms. The lowest BCUT2D eigenvalue weighted by Gasteiger charge is -2.40. The molecular formula is C23H25F4N5O2. The van der Waals surface area contributed by atoms with Crippen molar-refractivity contribution in [3.05, 3.63) is 63.1 Å². The Balaban J connectivity index is 1.80. The van der Waals surface area contributed by atoms with Crippen molar-refractivity contribution >= 4 is 22.9 Å². The molecule has 1 aromatic carbocycles. The zero-order chi connectivity index (χ0) is 24.6. The maximum Gasteiger partial charge on any atom is 0.264 e. The smallest absolute Gasteiger partial charge is 0.264 e. The second kappa shape index (κ2) is 9.59. The lowest BCUT2D eigenvalue weighted by molar-refractivity contribution is 0.101. The first-order valence-electron chi connectivity index (χ1n) is 10.9. The molecule has 4 rings (SSSR count). The molecule has 0 bridgehead atoms. The summed E-state index contributed by atoms with van der Waals surface area (Å²) in [5.41, 5.74) is -2.11. The maximum atomic E-state index is 15.8. The molecule has 0 saturated carbocycles. The minimum atomic E-state index is -3.09. The summed E-state index contributed by atoms with van der Waals surface area (Å²) in [5, 5.41) is 5.36. The summed E-state index contributed by atoms with van der Waals surface area (Å²) in [6.45, 7) is 4.19. The Hall–Kier alpha value is -3.18. The quantitative estimate of drug-likeness (QED) is 0.575. The number of anilines is 2. The largest absolute Gasteiger partial charge is 0.367 e. The van der Waals surface area contributed by atoms with Crippen molar-refractivity contribution in [2.24, 2.45) is 0 Å². The van der Waals surface area contributed by atoms with Crippen LogP contribution in [0.25, 0.3) is 5.57 Å². The Labute approximate surface area is 193 Å². The number of carbonyl (C=O) groups is 1. The molecule has 3 heterocycles. The van der Waals surface area contributed by atoms with Crippen LogP contribution in [0.15, 0.2) is 29.2 Å². The SMILES string of the molecule is CC1CN(c2cc(F)c(C3=CCNC3)c(F)c2NC(=O)c2c[nH]c(=O)cc2C(F)F)CCN1C. The normalized spacial score (nSPS) is 19.0. The first-order valence-corrected chi connectivity index (χ1v) is 10.9.